The van der Waals surface area contributed by atoms with Crippen LogP contribution in [0.1, 0.15) is 93.4 Å². The van der Waals surface area contributed by atoms with E-state index in [4.69, 9.17) is 9.72 Å². The van der Waals surface area contributed by atoms with Gasteiger partial charge in [0.2, 0.25) is 0 Å². The van der Waals surface area contributed by atoms with Crippen molar-refractivity contribution in [3.05, 3.63) is 174 Å². The van der Waals surface area contributed by atoms with Gasteiger partial charge >= 0.3 is 0 Å². The Hall–Kier alpha value is -5.71. The van der Waals surface area contributed by atoms with Gasteiger partial charge in [0.05, 0.1) is 0 Å². The van der Waals surface area contributed by atoms with E-state index < -0.39 is 0 Å². The first-order valence-electron chi connectivity index (χ1n) is 21.3. The Kier molecular flexibility index (Phi) is 11.1. The molecule has 0 radical (unpaired) electrons. The molecule has 0 N–H and O–H groups in total. The molecule has 0 spiro atoms. The number of aryl methyl sites for hydroxylation is 1. The molecule has 6 aromatic carbocycles. The fraction of sp³-hybridized carbons (Fsp3) is 0.222. The van der Waals surface area contributed by atoms with Gasteiger partial charge in [-0.05, 0) is 125 Å². The van der Waals surface area contributed by atoms with E-state index in [1.54, 1.807) is 12.1 Å². The van der Waals surface area contributed by atoms with Crippen LogP contribution in [0.3, 0.4) is 0 Å². The summed E-state index contributed by atoms with van der Waals surface area (Å²) in [4.78, 5) is 9.39. The van der Waals surface area contributed by atoms with Gasteiger partial charge in [-0.2, -0.15) is 6.07 Å². The number of aromatic nitrogens is 2. The number of hydrogen-bond donors (Lipinski definition) is 0. The summed E-state index contributed by atoms with van der Waals surface area (Å²) in [6.07, 6.45) is 6.63. The summed E-state index contributed by atoms with van der Waals surface area (Å²) in [5, 5.41) is 2.24. The molecule has 2 aliphatic rings. The summed E-state index contributed by atoms with van der Waals surface area (Å²) in [5.74, 6) is 2.79. The molecular weight excluding hydrogens is 935 g/mol. The molecule has 8 aromatic rings. The number of benzene rings is 6. The summed E-state index contributed by atoms with van der Waals surface area (Å²) in [6.45, 7) is 13.3. The first-order valence-corrected chi connectivity index (χ1v) is 21.3. The van der Waals surface area contributed by atoms with E-state index in [1.807, 2.05) is 24.4 Å². The molecule has 0 atom stereocenters. The number of pyridine rings is 1. The Labute approximate surface area is 373 Å². The van der Waals surface area contributed by atoms with Gasteiger partial charge in [-0.1, -0.05) is 88.5 Å². The molecule has 61 heavy (non-hydrogen) atoms. The number of fused-ring (bicyclic) bond motifs is 4. The second-order valence-corrected chi connectivity index (χ2v) is 17.0. The summed E-state index contributed by atoms with van der Waals surface area (Å²) in [5.41, 5.74) is 13.0. The third-order valence-corrected chi connectivity index (χ3v) is 12.3. The van der Waals surface area contributed by atoms with E-state index in [0.29, 0.717) is 17.4 Å². The molecule has 1 fully saturated rings. The van der Waals surface area contributed by atoms with Crippen LogP contribution in [-0.4, -0.2) is 9.55 Å². The van der Waals surface area contributed by atoms with Crippen LogP contribution < -0.4 is 14.5 Å². The normalized spacial score (nSPS) is 14.1. The van der Waals surface area contributed by atoms with Gasteiger partial charge in [0.25, 0.3) is 0 Å². The maximum atomic E-state index is 14.5. The van der Waals surface area contributed by atoms with Gasteiger partial charge in [0.1, 0.15) is 11.6 Å². The van der Waals surface area contributed by atoms with E-state index in [-0.39, 0.29) is 38.7 Å². The van der Waals surface area contributed by atoms with Crippen molar-refractivity contribution in [2.75, 3.05) is 9.80 Å². The monoisotopic (exact) mass is 982 g/mol. The van der Waals surface area contributed by atoms with Crippen molar-refractivity contribution in [3.63, 3.8) is 0 Å². The maximum Gasteiger partial charge on any atom is 0.135 e. The Bertz CT molecular complexity index is 2880. The Morgan fingerprint density at radius 3 is 2.15 bits per heavy atom. The predicted octanol–water partition coefficient (Wildman–Crippen LogP) is 15.0. The third kappa shape index (κ3) is 7.54. The minimum absolute atomic E-state index is 0. The summed E-state index contributed by atoms with van der Waals surface area (Å²) in [7, 11) is 0. The van der Waals surface area contributed by atoms with Crippen LogP contribution in [0, 0.1) is 31.5 Å². The van der Waals surface area contributed by atoms with Gasteiger partial charge in [-0.3, -0.25) is 0 Å². The van der Waals surface area contributed by atoms with Gasteiger partial charge in [0.15, 0.2) is 0 Å². The molecule has 0 unspecified atom stereocenters. The molecule has 0 bridgehead atoms. The number of rotatable bonds is 9. The minimum Gasteiger partial charge on any atom is -0.509 e. The summed E-state index contributed by atoms with van der Waals surface area (Å²) in [6, 6.07) is 48.6. The van der Waals surface area contributed by atoms with Crippen LogP contribution in [0.25, 0.3) is 38.8 Å². The Morgan fingerprint density at radius 2 is 1.43 bits per heavy atom. The molecule has 1 aliphatic heterocycles. The zero-order valence-corrected chi connectivity index (χ0v) is 37.4. The van der Waals surface area contributed by atoms with Crippen molar-refractivity contribution in [1.82, 2.24) is 9.55 Å². The average Bonchev–Trinajstić information content (AvgIpc) is 4.00. The van der Waals surface area contributed by atoms with Crippen molar-refractivity contribution in [2.24, 2.45) is 0 Å². The van der Waals surface area contributed by atoms with E-state index >= 15 is 0 Å². The molecule has 5 nitrogen and oxygen atoms in total. The molecule has 3 heterocycles. The van der Waals surface area contributed by atoms with Crippen molar-refractivity contribution in [2.45, 2.75) is 78.1 Å². The smallest absolute Gasteiger partial charge is 0.135 e. The third-order valence-electron chi connectivity index (χ3n) is 12.3. The molecule has 10 rings (SSSR count). The van der Waals surface area contributed by atoms with Crippen LogP contribution in [0.2, 0.25) is 0 Å². The largest absolute Gasteiger partial charge is 0.509 e. The van der Waals surface area contributed by atoms with Gasteiger partial charge < -0.3 is 19.1 Å². The first kappa shape index (κ1) is 40.7. The number of halogens is 1. The van der Waals surface area contributed by atoms with Crippen molar-refractivity contribution >= 4 is 44.6 Å². The second-order valence-electron chi connectivity index (χ2n) is 17.0. The van der Waals surface area contributed by atoms with Gasteiger partial charge in [0, 0.05) is 61.3 Å². The zero-order chi connectivity index (χ0) is 41.1. The SMILES string of the molecule is Cc1ccnc(-n2c3[c-]c(Oc4[c-]c(N5[CH-]N(c6c(C(C)C)cc(-c7cccc(F)c7)cc6C(C)C)c6ccccc65)cc(C5CCCC5)c4)ccc3c3ccccc32)c1.[Pt]. The number of nitrogens with zero attached hydrogens (tertiary/aromatic N) is 4. The van der Waals surface area contributed by atoms with Gasteiger partial charge in [-0.25, -0.2) is 9.37 Å². The number of para-hydroxylation sites is 3. The maximum absolute atomic E-state index is 14.5. The van der Waals surface area contributed by atoms with E-state index in [9.17, 15) is 4.39 Å². The van der Waals surface area contributed by atoms with Crippen molar-refractivity contribution in [3.8, 4) is 28.4 Å². The fourth-order valence-electron chi connectivity index (χ4n) is 9.32. The molecule has 2 aromatic heterocycles. The Balaban J connectivity index is 0.00000476. The molecule has 7 heteroatoms. The standard InChI is InChI=1S/C54H48FN4O.Pt/c1-34(2)47-29-40(38-15-12-16-41(55)26-38)30-48(35(3)4)54(47)58-33-57(50-19-10-11-20-51(50)58)42-27-39(37-13-6-7-14-37)28-44(31-42)60-43-21-22-46-45-17-8-9-18-49(45)59(52(46)32-43)53-25-36(5)23-24-56-53;/h8-12,15-30,33-35,37H,6-7,13-14H2,1-5H3;/q-3;. The van der Waals surface area contributed by atoms with Crippen LogP contribution >= 0.6 is 0 Å². The minimum atomic E-state index is -0.230. The topological polar surface area (TPSA) is 33.5 Å². The zero-order valence-electron chi connectivity index (χ0n) is 35.2. The summed E-state index contributed by atoms with van der Waals surface area (Å²) >= 11 is 0. The fourth-order valence-corrected chi connectivity index (χ4v) is 9.32. The Morgan fingerprint density at radius 1 is 0.705 bits per heavy atom. The van der Waals surface area contributed by atoms with Crippen LogP contribution in [0.15, 0.2) is 128 Å². The second kappa shape index (κ2) is 16.6. The summed E-state index contributed by atoms with van der Waals surface area (Å²) < 4.78 is 23.5. The average molecular weight is 983 g/mol. The first-order chi connectivity index (χ1) is 29.2. The number of hydrogen-bond acceptors (Lipinski definition) is 4. The van der Waals surface area contributed by atoms with Crippen LogP contribution in [0.4, 0.5) is 27.1 Å². The quantitative estimate of drug-likeness (QED) is 0.135. The van der Waals surface area contributed by atoms with E-state index in [0.717, 1.165) is 74.2 Å². The molecule has 310 valence electrons. The van der Waals surface area contributed by atoms with E-state index in [2.05, 4.69) is 153 Å². The predicted molar refractivity (Wildman–Crippen MR) is 244 cm³/mol. The van der Waals surface area contributed by atoms with Crippen LogP contribution in [0.5, 0.6) is 11.5 Å². The molecule has 1 saturated carbocycles. The number of anilines is 4. The van der Waals surface area contributed by atoms with Crippen molar-refractivity contribution < 1.29 is 30.2 Å². The van der Waals surface area contributed by atoms with Crippen molar-refractivity contribution in [1.29, 1.82) is 0 Å². The molecule has 1 aliphatic carbocycles. The van der Waals surface area contributed by atoms with Gasteiger partial charge in [-0.15, -0.1) is 53.6 Å². The van der Waals surface area contributed by atoms with Crippen LogP contribution in [-0.2, 0) is 21.1 Å². The molecule has 0 amide bonds. The molecule has 0 saturated heterocycles. The van der Waals surface area contributed by atoms with E-state index in [1.165, 1.54) is 41.3 Å². The molecular formula is C54H48FN4OPt-3. The number of ether oxygens (including phenoxy) is 1.